The summed E-state index contributed by atoms with van der Waals surface area (Å²) < 4.78 is 5.18. The number of hydrogen-bond acceptors (Lipinski definition) is 5. The average molecular weight is 457 g/mol. The Labute approximate surface area is 196 Å². The second-order valence-corrected chi connectivity index (χ2v) is 9.16. The number of carbonyl (C=O) groups is 2. The van der Waals surface area contributed by atoms with E-state index in [0.717, 1.165) is 27.2 Å². The summed E-state index contributed by atoms with van der Waals surface area (Å²) in [4.78, 5) is 34.2. The maximum Gasteiger partial charge on any atom is 0.254 e. The van der Waals surface area contributed by atoms with Gasteiger partial charge in [0.15, 0.2) is 5.78 Å². The van der Waals surface area contributed by atoms with Crippen LogP contribution in [0.15, 0.2) is 72.1 Å². The molecule has 1 aliphatic heterocycles. The molecule has 0 saturated carbocycles. The smallest absolute Gasteiger partial charge is 0.254 e. The SMILES string of the molecule is COc1ccc(C(=O)C2CCN(C(=O)c3cc(-c4cccs4)nc4ccccc34)CC2)cc1. The number of pyridine rings is 1. The predicted octanol–water partition coefficient (Wildman–Crippen LogP) is 5.71. The molecule has 0 N–H and O–H groups in total. The highest BCUT2D eigenvalue weighted by Gasteiger charge is 2.29. The van der Waals surface area contributed by atoms with Gasteiger partial charge in [-0.25, -0.2) is 4.98 Å². The van der Waals surface area contributed by atoms with Crippen molar-refractivity contribution < 1.29 is 14.3 Å². The van der Waals surface area contributed by atoms with Crippen LogP contribution in [0.2, 0.25) is 0 Å². The Hall–Kier alpha value is -3.51. The molecule has 2 aromatic heterocycles. The number of thiophene rings is 1. The largest absolute Gasteiger partial charge is 0.497 e. The molecule has 166 valence electrons. The number of amides is 1. The molecular weight excluding hydrogens is 432 g/mol. The molecule has 4 aromatic rings. The van der Waals surface area contributed by atoms with Crippen LogP contribution in [-0.2, 0) is 0 Å². The van der Waals surface area contributed by atoms with E-state index in [1.807, 2.05) is 77.0 Å². The normalized spacial score (nSPS) is 14.4. The van der Waals surface area contributed by atoms with Crippen LogP contribution in [0.4, 0.5) is 0 Å². The van der Waals surface area contributed by atoms with Crippen LogP contribution in [0.1, 0.15) is 33.6 Å². The standard InChI is InChI=1S/C27H24N2O3S/c1-32-20-10-8-18(9-11-20)26(30)19-12-14-29(15-13-19)27(31)22-17-24(25-7-4-16-33-25)28-23-6-3-2-5-21(22)23/h2-11,16-17,19H,12-15H2,1H3. The first kappa shape index (κ1) is 21.3. The van der Waals surface area contributed by atoms with Gasteiger partial charge in [0.05, 0.1) is 28.8 Å². The number of nitrogens with zero attached hydrogens (tertiary/aromatic N) is 2. The molecule has 1 amide bonds. The Morgan fingerprint density at radius 2 is 1.76 bits per heavy atom. The molecule has 1 fully saturated rings. The zero-order chi connectivity index (χ0) is 22.8. The van der Waals surface area contributed by atoms with Gasteiger partial charge in [0.2, 0.25) is 0 Å². The van der Waals surface area contributed by atoms with Gasteiger partial charge in [-0.1, -0.05) is 24.3 Å². The topological polar surface area (TPSA) is 59.5 Å². The Bertz CT molecular complexity index is 1290. The van der Waals surface area contributed by atoms with Gasteiger partial charge in [0.1, 0.15) is 5.75 Å². The monoisotopic (exact) mass is 456 g/mol. The Balaban J connectivity index is 1.35. The van der Waals surface area contributed by atoms with Crippen molar-refractivity contribution in [1.29, 1.82) is 0 Å². The Morgan fingerprint density at radius 3 is 2.45 bits per heavy atom. The summed E-state index contributed by atoms with van der Waals surface area (Å²) in [5, 5.41) is 2.87. The van der Waals surface area contributed by atoms with Gasteiger partial charge in [-0.05, 0) is 60.7 Å². The predicted molar refractivity (Wildman–Crippen MR) is 131 cm³/mol. The zero-order valence-electron chi connectivity index (χ0n) is 18.4. The highest BCUT2D eigenvalue weighted by molar-refractivity contribution is 7.13. The van der Waals surface area contributed by atoms with Gasteiger partial charge < -0.3 is 9.64 Å². The number of Topliss-reactive ketones (excluding diaryl/α,β-unsaturated/α-hetero) is 1. The van der Waals surface area contributed by atoms with Crippen molar-refractivity contribution >= 4 is 33.9 Å². The summed E-state index contributed by atoms with van der Waals surface area (Å²) in [6, 6.07) is 20.9. The summed E-state index contributed by atoms with van der Waals surface area (Å²) in [6.07, 6.45) is 1.33. The lowest BCUT2D eigenvalue weighted by atomic mass is 9.88. The summed E-state index contributed by atoms with van der Waals surface area (Å²) in [6.45, 7) is 1.13. The van der Waals surface area contributed by atoms with Crippen LogP contribution in [0.5, 0.6) is 5.75 Å². The molecule has 5 rings (SSSR count). The van der Waals surface area contributed by atoms with Crippen LogP contribution < -0.4 is 4.74 Å². The number of rotatable bonds is 5. The molecule has 33 heavy (non-hydrogen) atoms. The first-order chi connectivity index (χ1) is 16.1. The maximum atomic E-state index is 13.6. The number of hydrogen-bond donors (Lipinski definition) is 0. The van der Waals surface area contributed by atoms with Crippen molar-refractivity contribution in [3.63, 3.8) is 0 Å². The number of aromatic nitrogens is 1. The number of piperidine rings is 1. The number of benzene rings is 2. The third-order valence-corrected chi connectivity index (χ3v) is 7.14. The van der Waals surface area contributed by atoms with Crippen LogP contribution in [0, 0.1) is 5.92 Å². The van der Waals surface area contributed by atoms with E-state index >= 15 is 0 Å². The summed E-state index contributed by atoms with van der Waals surface area (Å²) in [7, 11) is 1.61. The van der Waals surface area contributed by atoms with E-state index in [9.17, 15) is 9.59 Å². The molecule has 0 aliphatic carbocycles. The van der Waals surface area contributed by atoms with Crippen molar-refractivity contribution in [2.24, 2.45) is 5.92 Å². The van der Waals surface area contributed by atoms with Gasteiger partial charge in [0.25, 0.3) is 5.91 Å². The number of ketones is 1. The van der Waals surface area contributed by atoms with Crippen LogP contribution >= 0.6 is 11.3 Å². The molecule has 3 heterocycles. The fourth-order valence-electron chi connectivity index (χ4n) is 4.41. The quantitative estimate of drug-likeness (QED) is 0.361. The van der Waals surface area contributed by atoms with Crippen molar-refractivity contribution in [2.45, 2.75) is 12.8 Å². The highest BCUT2D eigenvalue weighted by atomic mass is 32.1. The van der Waals surface area contributed by atoms with Gasteiger partial charge in [-0.3, -0.25) is 9.59 Å². The number of likely N-dealkylation sites (tertiary alicyclic amines) is 1. The lowest BCUT2D eigenvalue weighted by molar-refractivity contribution is 0.0652. The molecule has 0 atom stereocenters. The number of methoxy groups -OCH3 is 1. The number of carbonyl (C=O) groups excluding carboxylic acids is 2. The minimum absolute atomic E-state index is 0.00162. The third-order valence-electron chi connectivity index (χ3n) is 6.25. The number of para-hydroxylation sites is 1. The molecule has 0 bridgehead atoms. The van der Waals surface area contributed by atoms with E-state index < -0.39 is 0 Å². The molecule has 1 aliphatic rings. The van der Waals surface area contributed by atoms with Gasteiger partial charge in [-0.15, -0.1) is 11.3 Å². The lowest BCUT2D eigenvalue weighted by Crippen LogP contribution is -2.40. The molecule has 2 aromatic carbocycles. The minimum atomic E-state index is -0.0710. The Kier molecular flexibility index (Phi) is 5.92. The van der Waals surface area contributed by atoms with E-state index in [1.165, 1.54) is 0 Å². The van der Waals surface area contributed by atoms with E-state index in [1.54, 1.807) is 18.4 Å². The van der Waals surface area contributed by atoms with Crippen molar-refractivity contribution in [1.82, 2.24) is 9.88 Å². The molecule has 5 nitrogen and oxygen atoms in total. The highest BCUT2D eigenvalue weighted by Crippen LogP contribution is 2.30. The van der Waals surface area contributed by atoms with Gasteiger partial charge in [0, 0.05) is 30.0 Å². The number of fused-ring (bicyclic) bond motifs is 1. The van der Waals surface area contributed by atoms with Crippen LogP contribution in [0.25, 0.3) is 21.5 Å². The second-order valence-electron chi connectivity index (χ2n) is 8.21. The molecule has 0 spiro atoms. The molecule has 1 saturated heterocycles. The molecule has 0 radical (unpaired) electrons. The first-order valence-electron chi connectivity index (χ1n) is 11.1. The number of ether oxygens (including phenoxy) is 1. The summed E-state index contributed by atoms with van der Waals surface area (Å²) in [5.41, 5.74) is 3.00. The van der Waals surface area contributed by atoms with Gasteiger partial charge >= 0.3 is 0 Å². The molecular formula is C27H24N2O3S. The van der Waals surface area contributed by atoms with E-state index in [-0.39, 0.29) is 17.6 Å². The lowest BCUT2D eigenvalue weighted by Gasteiger charge is -2.31. The van der Waals surface area contributed by atoms with Crippen molar-refractivity contribution in [2.75, 3.05) is 20.2 Å². The first-order valence-corrected chi connectivity index (χ1v) is 11.9. The summed E-state index contributed by atoms with van der Waals surface area (Å²) in [5.74, 6) is 0.803. The minimum Gasteiger partial charge on any atom is -0.497 e. The maximum absolute atomic E-state index is 13.6. The summed E-state index contributed by atoms with van der Waals surface area (Å²) >= 11 is 1.61. The second kappa shape index (κ2) is 9.16. The fraction of sp³-hybridized carbons (Fsp3) is 0.222. The van der Waals surface area contributed by atoms with E-state index in [4.69, 9.17) is 9.72 Å². The average Bonchev–Trinajstić information content (AvgIpc) is 3.42. The third kappa shape index (κ3) is 4.26. The fourth-order valence-corrected chi connectivity index (χ4v) is 5.10. The van der Waals surface area contributed by atoms with Crippen LogP contribution in [0.3, 0.4) is 0 Å². The van der Waals surface area contributed by atoms with Crippen LogP contribution in [-0.4, -0.2) is 41.8 Å². The Morgan fingerprint density at radius 1 is 1.00 bits per heavy atom. The van der Waals surface area contributed by atoms with Crippen molar-refractivity contribution in [3.05, 3.63) is 83.2 Å². The molecule has 0 unspecified atom stereocenters. The molecule has 6 heteroatoms. The van der Waals surface area contributed by atoms with E-state index in [0.29, 0.717) is 37.1 Å². The van der Waals surface area contributed by atoms with E-state index in [2.05, 4.69) is 0 Å². The van der Waals surface area contributed by atoms with Gasteiger partial charge in [-0.2, -0.15) is 0 Å². The zero-order valence-corrected chi connectivity index (χ0v) is 19.2. The van der Waals surface area contributed by atoms with Crippen molar-refractivity contribution in [3.8, 4) is 16.3 Å².